The van der Waals surface area contributed by atoms with Crippen molar-refractivity contribution in [1.29, 1.82) is 0 Å². The number of hydrogen-bond acceptors (Lipinski definition) is 4. The van der Waals surface area contributed by atoms with Crippen molar-refractivity contribution in [3.8, 4) is 11.8 Å². The summed E-state index contributed by atoms with van der Waals surface area (Å²) in [6, 6.07) is 2.80. The Morgan fingerprint density at radius 2 is 1.86 bits per heavy atom. The first-order chi connectivity index (χ1) is 9.77. The number of likely N-dealkylation sites (N-methyl/N-ethyl adjacent to an activating group) is 1. The zero-order valence-electron chi connectivity index (χ0n) is 11.7. The van der Waals surface area contributed by atoms with Gasteiger partial charge in [-0.1, -0.05) is 35.0 Å². The molecule has 1 aromatic carbocycles. The predicted molar refractivity (Wildman–Crippen MR) is 84.2 cm³/mol. The molecule has 0 spiro atoms. The lowest BCUT2D eigenvalue weighted by Crippen LogP contribution is -2.31. The average Bonchev–Trinajstić information content (AvgIpc) is 2.34. The van der Waals surface area contributed by atoms with E-state index >= 15 is 0 Å². The van der Waals surface area contributed by atoms with E-state index in [0.29, 0.717) is 12.1 Å². The molecule has 0 aliphatic heterocycles. The maximum atomic E-state index is 12.2. The third-order valence-electron chi connectivity index (χ3n) is 2.43. The van der Waals surface area contributed by atoms with E-state index in [1.54, 1.807) is 0 Å². The first-order valence-electron chi connectivity index (χ1n) is 6.01. The summed E-state index contributed by atoms with van der Waals surface area (Å²) >= 11 is 12.0. The van der Waals surface area contributed by atoms with Crippen LogP contribution >= 0.6 is 23.2 Å². The summed E-state index contributed by atoms with van der Waals surface area (Å²) in [5, 5.41) is 8.62. The van der Waals surface area contributed by atoms with Crippen LogP contribution in [-0.2, 0) is 10.0 Å². The molecule has 1 rings (SSSR count). The van der Waals surface area contributed by atoms with E-state index < -0.39 is 10.0 Å². The molecule has 0 heterocycles. The Kier molecular flexibility index (Phi) is 6.94. The molecule has 116 valence electrons. The van der Waals surface area contributed by atoms with Gasteiger partial charge in [-0.15, -0.1) is 0 Å². The van der Waals surface area contributed by atoms with Crippen molar-refractivity contribution < 1.29 is 13.5 Å². The largest absolute Gasteiger partial charge is 0.384 e. The molecule has 0 amide bonds. The summed E-state index contributed by atoms with van der Waals surface area (Å²) in [6.45, 7) is 0.490. The molecule has 0 bridgehead atoms. The Morgan fingerprint density at radius 3 is 2.33 bits per heavy atom. The SMILES string of the molecule is CN(C)CCNS(=O)(=O)c1c(Cl)cc(C#CCO)cc1Cl. The first kappa shape index (κ1) is 18.2. The first-order valence-corrected chi connectivity index (χ1v) is 8.25. The quantitative estimate of drug-likeness (QED) is 0.782. The van der Waals surface area contributed by atoms with Crippen LogP contribution in [-0.4, -0.2) is 52.2 Å². The maximum Gasteiger partial charge on any atom is 0.243 e. The fourth-order valence-electron chi connectivity index (χ4n) is 1.51. The fourth-order valence-corrected chi connectivity index (χ4v) is 3.74. The molecular weight excluding hydrogens is 335 g/mol. The van der Waals surface area contributed by atoms with Gasteiger partial charge in [-0.3, -0.25) is 0 Å². The number of nitrogens with zero attached hydrogens (tertiary/aromatic N) is 1. The summed E-state index contributed by atoms with van der Waals surface area (Å²) in [7, 11) is -0.120. The van der Waals surface area contributed by atoms with Gasteiger partial charge in [0.1, 0.15) is 11.5 Å². The molecule has 0 atom stereocenters. The van der Waals surface area contributed by atoms with Gasteiger partial charge in [-0.25, -0.2) is 13.1 Å². The highest BCUT2D eigenvalue weighted by atomic mass is 35.5. The summed E-state index contributed by atoms with van der Waals surface area (Å²) in [6.07, 6.45) is 0. The maximum absolute atomic E-state index is 12.2. The summed E-state index contributed by atoms with van der Waals surface area (Å²) in [5.74, 6) is 5.06. The van der Waals surface area contributed by atoms with E-state index in [2.05, 4.69) is 16.6 Å². The molecule has 2 N–H and O–H groups in total. The minimum atomic E-state index is -3.79. The molecule has 0 radical (unpaired) electrons. The number of aliphatic hydroxyl groups excluding tert-OH is 1. The van der Waals surface area contributed by atoms with E-state index in [1.807, 2.05) is 19.0 Å². The molecule has 0 fully saturated rings. The minimum Gasteiger partial charge on any atom is -0.384 e. The Morgan fingerprint density at radius 1 is 1.29 bits per heavy atom. The number of aliphatic hydroxyl groups is 1. The van der Waals surface area contributed by atoms with E-state index in [-0.39, 0.29) is 28.1 Å². The summed E-state index contributed by atoms with van der Waals surface area (Å²) in [4.78, 5) is 1.68. The van der Waals surface area contributed by atoms with Crippen molar-refractivity contribution in [1.82, 2.24) is 9.62 Å². The number of halogens is 2. The molecule has 5 nitrogen and oxygen atoms in total. The van der Waals surface area contributed by atoms with Crippen LogP contribution in [0, 0.1) is 11.8 Å². The predicted octanol–water partition coefficient (Wildman–Crippen LogP) is 1.18. The second-order valence-electron chi connectivity index (χ2n) is 4.43. The summed E-state index contributed by atoms with van der Waals surface area (Å²) in [5.41, 5.74) is 0.436. The van der Waals surface area contributed by atoms with Crippen LogP contribution < -0.4 is 4.72 Å². The monoisotopic (exact) mass is 350 g/mol. The number of benzene rings is 1. The molecule has 1 aromatic rings. The van der Waals surface area contributed by atoms with Gasteiger partial charge in [-0.2, -0.15) is 0 Å². The van der Waals surface area contributed by atoms with Crippen molar-refractivity contribution in [3.63, 3.8) is 0 Å². The smallest absolute Gasteiger partial charge is 0.243 e. The van der Waals surface area contributed by atoms with Crippen LogP contribution in [0.1, 0.15) is 5.56 Å². The highest BCUT2D eigenvalue weighted by molar-refractivity contribution is 7.89. The molecule has 21 heavy (non-hydrogen) atoms. The third-order valence-corrected chi connectivity index (χ3v) is 4.81. The van der Waals surface area contributed by atoms with Crippen molar-refractivity contribution >= 4 is 33.2 Å². The molecule has 0 unspecified atom stereocenters. The highest BCUT2D eigenvalue weighted by Crippen LogP contribution is 2.30. The lowest BCUT2D eigenvalue weighted by atomic mass is 10.2. The molecule has 0 aromatic heterocycles. The zero-order chi connectivity index (χ0) is 16.0. The molecule has 0 aliphatic carbocycles. The van der Waals surface area contributed by atoms with E-state index in [4.69, 9.17) is 28.3 Å². The van der Waals surface area contributed by atoms with Crippen molar-refractivity contribution in [2.45, 2.75) is 4.90 Å². The van der Waals surface area contributed by atoms with Crippen LogP contribution in [0.4, 0.5) is 0 Å². The summed E-state index contributed by atoms with van der Waals surface area (Å²) < 4.78 is 26.8. The van der Waals surface area contributed by atoms with Gasteiger partial charge >= 0.3 is 0 Å². The molecular formula is C13H16Cl2N2O3S. The normalized spacial score (nSPS) is 11.3. The van der Waals surface area contributed by atoms with Crippen molar-refractivity contribution in [2.24, 2.45) is 0 Å². The topological polar surface area (TPSA) is 69.6 Å². The second-order valence-corrected chi connectivity index (χ2v) is 6.95. The Bertz CT molecular complexity index is 641. The number of nitrogens with one attached hydrogen (secondary N) is 1. The minimum absolute atomic E-state index is 0.0120. The van der Waals surface area contributed by atoms with Gasteiger partial charge in [0.2, 0.25) is 10.0 Å². The number of hydrogen-bond donors (Lipinski definition) is 2. The Balaban J connectivity index is 3.07. The van der Waals surface area contributed by atoms with Gasteiger partial charge in [0.05, 0.1) is 10.0 Å². The van der Waals surface area contributed by atoms with Gasteiger partial charge in [0.15, 0.2) is 0 Å². The zero-order valence-corrected chi connectivity index (χ0v) is 14.0. The standard InChI is InChI=1S/C13H16Cl2N2O3S/c1-17(2)6-5-16-21(19,20)13-11(14)8-10(4-3-7-18)9-12(13)15/h8-9,16,18H,5-7H2,1-2H3. The third kappa shape index (κ3) is 5.47. The molecule has 0 saturated carbocycles. The van der Waals surface area contributed by atoms with Crippen LogP contribution in [0.5, 0.6) is 0 Å². The Labute approximate surface area is 134 Å². The van der Waals surface area contributed by atoms with E-state index in [0.717, 1.165) is 0 Å². The van der Waals surface area contributed by atoms with Crippen LogP contribution in [0.2, 0.25) is 10.0 Å². The second kappa shape index (κ2) is 7.99. The lowest BCUT2D eigenvalue weighted by molar-refractivity contribution is 0.350. The van der Waals surface area contributed by atoms with E-state index in [9.17, 15) is 8.42 Å². The number of sulfonamides is 1. The van der Waals surface area contributed by atoms with Gasteiger partial charge in [0, 0.05) is 18.7 Å². The van der Waals surface area contributed by atoms with E-state index in [1.165, 1.54) is 12.1 Å². The fraction of sp³-hybridized carbons (Fsp3) is 0.385. The van der Waals surface area contributed by atoms with Gasteiger partial charge in [-0.05, 0) is 26.2 Å². The van der Waals surface area contributed by atoms with Gasteiger partial charge in [0.25, 0.3) is 0 Å². The Hall–Kier alpha value is -0.810. The number of rotatable bonds is 5. The van der Waals surface area contributed by atoms with Crippen LogP contribution in [0.25, 0.3) is 0 Å². The van der Waals surface area contributed by atoms with Crippen LogP contribution in [0.15, 0.2) is 17.0 Å². The highest BCUT2D eigenvalue weighted by Gasteiger charge is 2.22. The molecule has 0 saturated heterocycles. The average molecular weight is 351 g/mol. The molecule has 0 aliphatic rings. The van der Waals surface area contributed by atoms with Crippen molar-refractivity contribution in [3.05, 3.63) is 27.7 Å². The van der Waals surface area contributed by atoms with Crippen molar-refractivity contribution in [2.75, 3.05) is 33.8 Å². The lowest BCUT2D eigenvalue weighted by Gasteiger charge is -2.13. The van der Waals surface area contributed by atoms with Gasteiger partial charge < -0.3 is 10.0 Å². The molecule has 8 heteroatoms. The van der Waals surface area contributed by atoms with Crippen LogP contribution in [0.3, 0.4) is 0 Å².